The maximum atomic E-state index is 12.7. The van der Waals surface area contributed by atoms with Crippen LogP contribution in [0, 0.1) is 13.8 Å². The lowest BCUT2D eigenvalue weighted by Gasteiger charge is -2.15. The van der Waals surface area contributed by atoms with Gasteiger partial charge in [-0.3, -0.25) is 9.78 Å². The van der Waals surface area contributed by atoms with Crippen LogP contribution in [0.2, 0.25) is 0 Å². The number of ether oxygens (including phenoxy) is 2. The zero-order chi connectivity index (χ0) is 25.8. The summed E-state index contributed by atoms with van der Waals surface area (Å²) < 4.78 is 11.5. The van der Waals surface area contributed by atoms with E-state index in [1.54, 1.807) is 24.1 Å². The number of amides is 1. The van der Waals surface area contributed by atoms with Gasteiger partial charge >= 0.3 is 0 Å². The minimum atomic E-state index is -0.0287. The van der Waals surface area contributed by atoms with Crippen LogP contribution in [0.25, 0.3) is 10.9 Å². The molecule has 0 radical (unpaired) electrons. The summed E-state index contributed by atoms with van der Waals surface area (Å²) in [6, 6.07) is 13.3. The number of aryl methyl sites for hydroxylation is 2. The van der Waals surface area contributed by atoms with Crippen LogP contribution in [0.5, 0.6) is 17.2 Å². The maximum absolute atomic E-state index is 12.7. The second-order valence-corrected chi connectivity index (χ2v) is 11.5. The van der Waals surface area contributed by atoms with Gasteiger partial charge in [0.05, 0.1) is 24.5 Å². The molecule has 8 nitrogen and oxygen atoms in total. The van der Waals surface area contributed by atoms with Gasteiger partial charge in [-0.25, -0.2) is 9.97 Å². The van der Waals surface area contributed by atoms with Crippen molar-refractivity contribution >= 4 is 55.6 Å². The molecule has 1 aliphatic heterocycles. The van der Waals surface area contributed by atoms with Crippen molar-refractivity contribution in [2.24, 2.45) is 0 Å². The van der Waals surface area contributed by atoms with Crippen LogP contribution in [-0.4, -0.2) is 39.0 Å². The number of hydrogen-bond donors (Lipinski definition) is 2. The summed E-state index contributed by atoms with van der Waals surface area (Å²) in [5, 5.41) is 7.52. The van der Waals surface area contributed by atoms with Gasteiger partial charge in [-0.15, -0.1) is 0 Å². The number of nitrogens with one attached hydrogen (secondary N) is 2. The van der Waals surface area contributed by atoms with E-state index in [4.69, 9.17) is 9.47 Å². The van der Waals surface area contributed by atoms with Crippen molar-refractivity contribution in [3.05, 3.63) is 66.2 Å². The summed E-state index contributed by atoms with van der Waals surface area (Å²) in [5.74, 6) is 3.68. The molecular weight excluding hydrogens is 506 g/mol. The first kappa shape index (κ1) is 25.2. The van der Waals surface area contributed by atoms with E-state index in [-0.39, 0.29) is 5.91 Å². The fourth-order valence-electron chi connectivity index (χ4n) is 3.99. The van der Waals surface area contributed by atoms with Crippen molar-refractivity contribution < 1.29 is 14.3 Å². The van der Waals surface area contributed by atoms with E-state index < -0.39 is 0 Å². The number of fused-ring (bicyclic) bond motifs is 1. The highest BCUT2D eigenvalue weighted by atomic mass is 33.1. The van der Waals surface area contributed by atoms with Crippen molar-refractivity contribution in [2.75, 3.05) is 23.5 Å². The van der Waals surface area contributed by atoms with Gasteiger partial charge in [0, 0.05) is 40.3 Å². The van der Waals surface area contributed by atoms with Gasteiger partial charge in [0.2, 0.25) is 5.91 Å². The number of methoxy groups -OCH3 is 1. The number of carbonyl (C=O) groups excluding carboxylic acids is 1. The van der Waals surface area contributed by atoms with Gasteiger partial charge in [0.25, 0.3) is 0 Å². The molecule has 4 aromatic rings. The molecule has 1 saturated heterocycles. The van der Waals surface area contributed by atoms with Gasteiger partial charge in [-0.1, -0.05) is 21.6 Å². The first-order valence-electron chi connectivity index (χ1n) is 11.9. The van der Waals surface area contributed by atoms with Crippen molar-refractivity contribution in [1.29, 1.82) is 0 Å². The Labute approximate surface area is 223 Å². The largest absolute Gasteiger partial charge is 0.494 e. The molecule has 2 N–H and O–H groups in total. The Kier molecular flexibility index (Phi) is 7.66. The summed E-state index contributed by atoms with van der Waals surface area (Å²) >= 11 is 0. The first-order chi connectivity index (χ1) is 18.0. The predicted molar refractivity (Wildman–Crippen MR) is 151 cm³/mol. The zero-order valence-electron chi connectivity index (χ0n) is 20.8. The summed E-state index contributed by atoms with van der Waals surface area (Å²) in [7, 11) is 5.19. The number of hydrogen-bond acceptors (Lipinski definition) is 9. The Morgan fingerprint density at radius 2 is 1.97 bits per heavy atom. The van der Waals surface area contributed by atoms with E-state index >= 15 is 0 Å². The summed E-state index contributed by atoms with van der Waals surface area (Å²) in [6.45, 7) is 3.92. The lowest BCUT2D eigenvalue weighted by atomic mass is 10.1. The van der Waals surface area contributed by atoms with Gasteiger partial charge in [-0.2, -0.15) is 0 Å². The molecule has 1 fully saturated rings. The molecule has 1 amide bonds. The zero-order valence-corrected chi connectivity index (χ0v) is 22.4. The van der Waals surface area contributed by atoms with E-state index in [2.05, 4.69) is 25.6 Å². The van der Waals surface area contributed by atoms with Gasteiger partial charge in [0.15, 0.2) is 0 Å². The van der Waals surface area contributed by atoms with Crippen LogP contribution in [-0.2, 0) is 4.79 Å². The van der Waals surface area contributed by atoms with Crippen LogP contribution < -0.4 is 20.1 Å². The quantitative estimate of drug-likeness (QED) is 0.241. The molecule has 2 aromatic carbocycles. The van der Waals surface area contributed by atoms with E-state index in [1.165, 1.54) is 6.33 Å². The van der Waals surface area contributed by atoms with Crippen molar-refractivity contribution in [2.45, 2.75) is 31.9 Å². The van der Waals surface area contributed by atoms with E-state index in [9.17, 15) is 4.79 Å². The molecule has 5 rings (SSSR count). The fourth-order valence-corrected chi connectivity index (χ4v) is 6.89. The Morgan fingerprint density at radius 1 is 1.08 bits per heavy atom. The Balaban J connectivity index is 1.37. The number of carbonyl (C=O) groups is 1. The molecule has 190 valence electrons. The van der Waals surface area contributed by atoms with Crippen molar-refractivity contribution in [1.82, 2.24) is 15.0 Å². The Hall–Kier alpha value is -3.50. The predicted octanol–water partition coefficient (Wildman–Crippen LogP) is 6.67. The minimum absolute atomic E-state index is 0.0287. The highest BCUT2D eigenvalue weighted by molar-refractivity contribution is 8.77. The molecule has 1 unspecified atom stereocenters. The summed E-state index contributed by atoms with van der Waals surface area (Å²) in [5.41, 5.74) is 4.05. The van der Waals surface area contributed by atoms with E-state index in [0.717, 1.165) is 40.3 Å². The molecule has 1 atom stereocenters. The number of anilines is 3. The molecule has 2 aromatic heterocycles. The van der Waals surface area contributed by atoms with E-state index in [1.807, 2.05) is 67.1 Å². The summed E-state index contributed by atoms with van der Waals surface area (Å²) in [6.07, 6.45) is 4.74. The molecule has 0 aliphatic carbocycles. The van der Waals surface area contributed by atoms with Crippen LogP contribution in [0.15, 0.2) is 55.0 Å². The Morgan fingerprint density at radius 3 is 2.70 bits per heavy atom. The van der Waals surface area contributed by atoms with Gasteiger partial charge < -0.3 is 20.1 Å². The topological polar surface area (TPSA) is 98.3 Å². The standard InChI is InChI=1S/C27H27N5O3S2/c1-16-10-18(5-7-24(16)35-19-6-4-17(2)28-14-19)31-27-21-12-23(25(34-3)13-22(21)29-15-30-27)32-26(33)11-20-8-9-36-37-20/h4-7,10,12-15,20H,8-9,11H2,1-3H3,(H,32,33)(H,29,30,31). The Bertz CT molecular complexity index is 1430. The molecule has 37 heavy (non-hydrogen) atoms. The number of pyridine rings is 1. The molecular formula is C27H27N5O3S2. The monoisotopic (exact) mass is 533 g/mol. The van der Waals surface area contributed by atoms with Crippen molar-refractivity contribution in [3.8, 4) is 17.2 Å². The molecule has 0 bridgehead atoms. The SMILES string of the molecule is COc1cc2ncnc(Nc3ccc(Oc4ccc(C)nc4)c(C)c3)c2cc1NC(=O)CC1CCSS1. The van der Waals surface area contributed by atoms with Crippen LogP contribution >= 0.6 is 21.6 Å². The second kappa shape index (κ2) is 11.3. The summed E-state index contributed by atoms with van der Waals surface area (Å²) in [4.78, 5) is 25.9. The van der Waals surface area contributed by atoms with Crippen LogP contribution in [0.4, 0.5) is 17.2 Å². The average molecular weight is 534 g/mol. The number of rotatable bonds is 8. The minimum Gasteiger partial charge on any atom is -0.494 e. The van der Waals surface area contributed by atoms with Gasteiger partial charge in [-0.05, 0) is 62.2 Å². The molecule has 0 saturated carbocycles. The first-order valence-corrected chi connectivity index (χ1v) is 14.3. The average Bonchev–Trinajstić information content (AvgIpc) is 3.40. The van der Waals surface area contributed by atoms with Gasteiger partial charge in [0.1, 0.15) is 29.4 Å². The smallest absolute Gasteiger partial charge is 0.225 e. The van der Waals surface area contributed by atoms with E-state index in [0.29, 0.717) is 40.2 Å². The number of aromatic nitrogens is 3. The molecule has 3 heterocycles. The third kappa shape index (κ3) is 6.08. The van der Waals surface area contributed by atoms with Crippen LogP contribution in [0.3, 0.4) is 0 Å². The molecule has 1 aliphatic rings. The fraction of sp³-hybridized carbons (Fsp3) is 0.259. The highest BCUT2D eigenvalue weighted by Crippen LogP contribution is 2.40. The molecule has 10 heteroatoms. The third-order valence-corrected chi connectivity index (χ3v) is 8.86. The second-order valence-electron chi connectivity index (χ2n) is 8.72. The number of nitrogens with zero attached hydrogens (tertiary/aromatic N) is 3. The normalized spacial score (nSPS) is 14.9. The lowest BCUT2D eigenvalue weighted by Crippen LogP contribution is -2.17. The van der Waals surface area contributed by atoms with Crippen LogP contribution in [0.1, 0.15) is 24.1 Å². The maximum Gasteiger partial charge on any atom is 0.225 e. The highest BCUT2D eigenvalue weighted by Gasteiger charge is 2.21. The van der Waals surface area contributed by atoms with Crippen molar-refractivity contribution in [3.63, 3.8) is 0 Å². The lowest BCUT2D eigenvalue weighted by molar-refractivity contribution is -0.116. The number of benzene rings is 2. The third-order valence-electron chi connectivity index (χ3n) is 5.92. The molecule has 0 spiro atoms.